The van der Waals surface area contributed by atoms with E-state index in [1.54, 1.807) is 6.92 Å². The minimum Gasteiger partial charge on any atom is -0.392 e. The largest absolute Gasteiger partial charge is 0.392 e. The van der Waals surface area contributed by atoms with Crippen molar-refractivity contribution in [1.82, 2.24) is 19.1 Å². The van der Waals surface area contributed by atoms with E-state index in [-0.39, 0.29) is 23.7 Å². The summed E-state index contributed by atoms with van der Waals surface area (Å²) in [5, 5.41) is 14.4. The van der Waals surface area contributed by atoms with Gasteiger partial charge in [0.1, 0.15) is 0 Å². The summed E-state index contributed by atoms with van der Waals surface area (Å²) in [6.07, 6.45) is 0.947. The van der Waals surface area contributed by atoms with Crippen LogP contribution in [0.15, 0.2) is 45.0 Å². The maximum Gasteiger partial charge on any atom is 0.329 e. The van der Waals surface area contributed by atoms with Crippen LogP contribution in [0.3, 0.4) is 0 Å². The second-order valence-electron chi connectivity index (χ2n) is 6.67. The molecule has 0 radical (unpaired) electrons. The zero-order valence-electron chi connectivity index (χ0n) is 16.1. The lowest BCUT2D eigenvalue weighted by atomic mass is 10.1. The van der Waals surface area contributed by atoms with Gasteiger partial charge in [0.05, 0.1) is 18.4 Å². The van der Waals surface area contributed by atoms with Crippen LogP contribution in [0.25, 0.3) is 11.2 Å². The molecule has 148 valence electrons. The lowest BCUT2D eigenvalue weighted by Gasteiger charge is -2.11. The molecular weight excluding hydrogens is 360 g/mol. The quantitative estimate of drug-likeness (QED) is 0.421. The fourth-order valence-corrected chi connectivity index (χ4v) is 3.01. The van der Waals surface area contributed by atoms with Crippen LogP contribution >= 0.6 is 0 Å². The second kappa shape index (κ2) is 8.22. The number of nitrogens with one attached hydrogen (secondary N) is 2. The van der Waals surface area contributed by atoms with Crippen LogP contribution in [-0.4, -0.2) is 36.0 Å². The molecule has 0 saturated carbocycles. The fraction of sp³-hybridized carbons (Fsp3) is 0.368. The number of rotatable bonds is 7. The topological polar surface area (TPSA) is 117 Å². The molecule has 0 amide bonds. The molecule has 0 saturated heterocycles. The van der Waals surface area contributed by atoms with Crippen LogP contribution < -0.4 is 16.7 Å². The van der Waals surface area contributed by atoms with Crippen LogP contribution in [0.1, 0.15) is 32.3 Å². The average molecular weight is 384 g/mol. The second-order valence-corrected chi connectivity index (χ2v) is 6.67. The van der Waals surface area contributed by atoms with Crippen molar-refractivity contribution in [3.05, 3.63) is 56.7 Å². The lowest BCUT2D eigenvalue weighted by Crippen LogP contribution is -2.29. The average Bonchev–Trinajstić information content (AvgIpc) is 3.02. The van der Waals surface area contributed by atoms with Gasteiger partial charge in [0.2, 0.25) is 5.95 Å². The van der Waals surface area contributed by atoms with Gasteiger partial charge in [-0.25, -0.2) is 10.2 Å². The third kappa shape index (κ3) is 3.89. The number of aryl methyl sites for hydroxylation is 1. The number of H-pyrrole nitrogens is 1. The molecule has 0 aliphatic carbocycles. The van der Waals surface area contributed by atoms with Crippen molar-refractivity contribution in [2.75, 3.05) is 5.43 Å². The van der Waals surface area contributed by atoms with Gasteiger partial charge in [-0.3, -0.25) is 14.3 Å². The highest BCUT2D eigenvalue weighted by atomic mass is 16.3. The molecule has 0 fully saturated rings. The van der Waals surface area contributed by atoms with E-state index in [1.807, 2.05) is 30.3 Å². The van der Waals surface area contributed by atoms with Gasteiger partial charge < -0.3 is 9.67 Å². The molecule has 0 aliphatic heterocycles. The summed E-state index contributed by atoms with van der Waals surface area (Å²) < 4.78 is 2.80. The standard InChI is InChI=1S/C19H24N6O3/c1-4-8-14(13-9-6-5-7-10-13)22-23-18-20-16-15(25(18)11-12(2)26)17(27)21-19(28)24(16)3/h5-7,9-10,12,26H,4,8,11H2,1-3H3,(H,20,23)(H,21,27,28)/b22-14-. The summed E-state index contributed by atoms with van der Waals surface area (Å²) in [7, 11) is 1.53. The Morgan fingerprint density at radius 2 is 2.04 bits per heavy atom. The Bertz CT molecular complexity index is 1110. The lowest BCUT2D eigenvalue weighted by molar-refractivity contribution is 0.175. The van der Waals surface area contributed by atoms with Gasteiger partial charge in [-0.05, 0) is 18.9 Å². The minimum atomic E-state index is -0.720. The van der Waals surface area contributed by atoms with E-state index in [0.717, 1.165) is 24.1 Å². The van der Waals surface area contributed by atoms with Gasteiger partial charge >= 0.3 is 5.69 Å². The summed E-state index contributed by atoms with van der Waals surface area (Å²) in [6, 6.07) is 9.78. The van der Waals surface area contributed by atoms with Crippen molar-refractivity contribution in [1.29, 1.82) is 0 Å². The Labute approximate surface area is 161 Å². The Morgan fingerprint density at radius 1 is 1.32 bits per heavy atom. The number of benzene rings is 1. The molecule has 1 aromatic carbocycles. The molecule has 2 aromatic heterocycles. The predicted octanol–water partition coefficient (Wildman–Crippen LogP) is 1.42. The van der Waals surface area contributed by atoms with Crippen LogP contribution in [-0.2, 0) is 13.6 Å². The number of aromatic amines is 1. The van der Waals surface area contributed by atoms with Gasteiger partial charge in [-0.2, -0.15) is 10.1 Å². The summed E-state index contributed by atoms with van der Waals surface area (Å²) >= 11 is 0. The molecule has 9 nitrogen and oxygen atoms in total. The molecule has 0 bridgehead atoms. The van der Waals surface area contributed by atoms with Crippen molar-refractivity contribution in [2.45, 2.75) is 39.3 Å². The van der Waals surface area contributed by atoms with Crippen LogP contribution in [0.2, 0.25) is 0 Å². The molecule has 9 heteroatoms. The number of hydrogen-bond acceptors (Lipinski definition) is 6. The van der Waals surface area contributed by atoms with Gasteiger partial charge in [-0.1, -0.05) is 43.7 Å². The van der Waals surface area contributed by atoms with E-state index >= 15 is 0 Å². The van der Waals surface area contributed by atoms with E-state index in [2.05, 4.69) is 27.4 Å². The third-order valence-electron chi connectivity index (χ3n) is 4.34. The van der Waals surface area contributed by atoms with Crippen molar-refractivity contribution in [3.8, 4) is 0 Å². The van der Waals surface area contributed by atoms with E-state index in [9.17, 15) is 14.7 Å². The number of aliphatic hydroxyl groups is 1. The highest BCUT2D eigenvalue weighted by Gasteiger charge is 2.18. The molecular formula is C19H24N6O3. The third-order valence-corrected chi connectivity index (χ3v) is 4.34. The van der Waals surface area contributed by atoms with Crippen LogP contribution in [0.4, 0.5) is 5.95 Å². The molecule has 2 heterocycles. The number of hydrogen-bond donors (Lipinski definition) is 3. The summed E-state index contributed by atoms with van der Waals surface area (Å²) in [6.45, 7) is 3.81. The van der Waals surface area contributed by atoms with Gasteiger partial charge in [0.15, 0.2) is 11.2 Å². The smallest absolute Gasteiger partial charge is 0.329 e. The molecule has 28 heavy (non-hydrogen) atoms. The number of hydrazone groups is 1. The number of imidazole rings is 1. The summed E-state index contributed by atoms with van der Waals surface area (Å²) in [5.41, 5.74) is 4.09. The van der Waals surface area contributed by atoms with Crippen LogP contribution in [0, 0.1) is 0 Å². The summed E-state index contributed by atoms with van der Waals surface area (Å²) in [4.78, 5) is 30.9. The zero-order chi connectivity index (χ0) is 20.3. The number of anilines is 1. The zero-order valence-corrected chi connectivity index (χ0v) is 16.1. The first-order valence-corrected chi connectivity index (χ1v) is 9.18. The first-order valence-electron chi connectivity index (χ1n) is 9.18. The van der Waals surface area contributed by atoms with E-state index in [1.165, 1.54) is 16.2 Å². The van der Waals surface area contributed by atoms with Crippen molar-refractivity contribution in [2.24, 2.45) is 12.1 Å². The molecule has 0 spiro atoms. The normalized spacial score (nSPS) is 13.1. The van der Waals surface area contributed by atoms with Crippen molar-refractivity contribution < 1.29 is 5.11 Å². The first kappa shape index (κ1) is 19.6. The molecule has 1 unspecified atom stereocenters. The molecule has 3 rings (SSSR count). The first-order chi connectivity index (χ1) is 13.4. The number of aromatic nitrogens is 4. The minimum absolute atomic E-state index is 0.129. The summed E-state index contributed by atoms with van der Waals surface area (Å²) in [5.74, 6) is 0.284. The number of aliphatic hydroxyl groups excluding tert-OH is 1. The van der Waals surface area contributed by atoms with Gasteiger partial charge in [0.25, 0.3) is 5.56 Å². The molecule has 1 atom stereocenters. The number of nitrogens with zero attached hydrogens (tertiary/aromatic N) is 4. The van der Waals surface area contributed by atoms with Gasteiger partial charge in [-0.15, -0.1) is 0 Å². The number of fused-ring (bicyclic) bond motifs is 1. The van der Waals surface area contributed by atoms with E-state index < -0.39 is 17.4 Å². The predicted molar refractivity (Wildman–Crippen MR) is 109 cm³/mol. The Morgan fingerprint density at radius 3 is 2.68 bits per heavy atom. The monoisotopic (exact) mass is 384 g/mol. The molecule has 0 aliphatic rings. The highest BCUT2D eigenvalue weighted by Crippen LogP contribution is 2.17. The van der Waals surface area contributed by atoms with Crippen molar-refractivity contribution in [3.63, 3.8) is 0 Å². The SMILES string of the molecule is CCC/C(=N/Nc1nc2c(c(=O)[nH]c(=O)n2C)n1CC(C)O)c1ccccc1. The van der Waals surface area contributed by atoms with E-state index in [0.29, 0.717) is 0 Å². The van der Waals surface area contributed by atoms with Crippen molar-refractivity contribution >= 4 is 22.8 Å². The van der Waals surface area contributed by atoms with E-state index in [4.69, 9.17) is 0 Å². The molecule has 3 aromatic rings. The van der Waals surface area contributed by atoms with Crippen LogP contribution in [0.5, 0.6) is 0 Å². The highest BCUT2D eigenvalue weighted by molar-refractivity contribution is 6.00. The maximum absolute atomic E-state index is 12.4. The fourth-order valence-electron chi connectivity index (χ4n) is 3.01. The Hall–Kier alpha value is -3.20. The molecule has 3 N–H and O–H groups in total. The Kier molecular flexibility index (Phi) is 5.74. The Balaban J connectivity index is 2.11. The van der Waals surface area contributed by atoms with Gasteiger partial charge in [0, 0.05) is 7.05 Å². The maximum atomic E-state index is 12.4.